The summed E-state index contributed by atoms with van der Waals surface area (Å²) in [6, 6.07) is 28.0. The van der Waals surface area contributed by atoms with Gasteiger partial charge in [0.15, 0.2) is 0 Å². The Labute approximate surface area is 231 Å². The van der Waals surface area contributed by atoms with Crippen LogP contribution in [0.15, 0.2) is 97.6 Å². The maximum atomic E-state index is 14.1. The van der Waals surface area contributed by atoms with E-state index in [0.717, 1.165) is 44.5 Å². The van der Waals surface area contributed by atoms with Gasteiger partial charge in [-0.15, -0.1) is 0 Å². The highest BCUT2D eigenvalue weighted by Gasteiger charge is 2.35. The molecule has 1 amide bonds. The minimum atomic E-state index is -0.238. The molecule has 2 aliphatic rings. The van der Waals surface area contributed by atoms with Crippen molar-refractivity contribution in [2.75, 3.05) is 26.2 Å². The van der Waals surface area contributed by atoms with Crippen molar-refractivity contribution < 1.29 is 4.79 Å². The maximum absolute atomic E-state index is 14.1. The summed E-state index contributed by atoms with van der Waals surface area (Å²) in [5.41, 5.74) is 6.78. The zero-order valence-corrected chi connectivity index (χ0v) is 22.5. The Balaban J connectivity index is 1.23. The van der Waals surface area contributed by atoms with Gasteiger partial charge in [0.2, 0.25) is 5.91 Å². The van der Waals surface area contributed by atoms with Gasteiger partial charge in [0.05, 0.1) is 18.4 Å². The smallest absolute Gasteiger partial charge is 0.241 e. The SMILES string of the molecule is O=C([C@H]1CN(C2c3ccccc3CCc3ccccc32)CCN1)N(CCCn1ccnc1)Cc1ccccc1. The van der Waals surface area contributed by atoms with Crippen LogP contribution in [0.2, 0.25) is 0 Å². The highest BCUT2D eigenvalue weighted by molar-refractivity contribution is 5.82. The number of rotatable bonds is 8. The Morgan fingerprint density at radius 1 is 0.923 bits per heavy atom. The van der Waals surface area contributed by atoms with Crippen LogP contribution in [0.4, 0.5) is 0 Å². The molecule has 1 atom stereocenters. The van der Waals surface area contributed by atoms with E-state index in [1.807, 2.05) is 35.6 Å². The van der Waals surface area contributed by atoms with Crippen LogP contribution in [-0.2, 0) is 30.7 Å². The Hall–Kier alpha value is -3.74. The van der Waals surface area contributed by atoms with Crippen molar-refractivity contribution in [3.63, 3.8) is 0 Å². The third-order valence-electron chi connectivity index (χ3n) is 8.16. The highest BCUT2D eigenvalue weighted by Crippen LogP contribution is 2.37. The molecule has 200 valence electrons. The molecule has 3 aromatic carbocycles. The molecule has 0 spiro atoms. The first-order valence-corrected chi connectivity index (χ1v) is 14.2. The Morgan fingerprint density at radius 3 is 2.31 bits per heavy atom. The second-order valence-electron chi connectivity index (χ2n) is 10.7. The van der Waals surface area contributed by atoms with Gasteiger partial charge in [-0.3, -0.25) is 9.69 Å². The van der Waals surface area contributed by atoms with Gasteiger partial charge in [-0.1, -0.05) is 78.9 Å². The first-order chi connectivity index (χ1) is 19.3. The van der Waals surface area contributed by atoms with Gasteiger partial charge in [-0.25, -0.2) is 4.98 Å². The molecule has 0 unspecified atom stereocenters. The number of benzene rings is 3. The summed E-state index contributed by atoms with van der Waals surface area (Å²) in [6.45, 7) is 4.58. The van der Waals surface area contributed by atoms with Crippen LogP contribution in [0, 0.1) is 0 Å². The third-order valence-corrected chi connectivity index (χ3v) is 8.16. The van der Waals surface area contributed by atoms with Gasteiger partial charge in [-0.05, 0) is 47.1 Å². The Kier molecular flexibility index (Phi) is 7.84. The lowest BCUT2D eigenvalue weighted by Gasteiger charge is -2.40. The van der Waals surface area contributed by atoms with Crippen LogP contribution in [0.3, 0.4) is 0 Å². The topological polar surface area (TPSA) is 53.4 Å². The Morgan fingerprint density at radius 2 is 1.62 bits per heavy atom. The normalized spacial score (nSPS) is 17.7. The number of hydrogen-bond donors (Lipinski definition) is 1. The molecule has 1 aromatic heterocycles. The number of carbonyl (C=O) groups is 1. The van der Waals surface area contributed by atoms with E-state index in [9.17, 15) is 4.79 Å². The number of aromatic nitrogens is 2. The molecule has 0 radical (unpaired) electrons. The van der Waals surface area contributed by atoms with Gasteiger partial charge in [0.25, 0.3) is 0 Å². The predicted octanol–water partition coefficient (Wildman–Crippen LogP) is 4.46. The van der Waals surface area contributed by atoms with Crippen LogP contribution in [0.5, 0.6) is 0 Å². The number of piperazine rings is 1. The van der Waals surface area contributed by atoms with Gasteiger partial charge >= 0.3 is 0 Å². The van der Waals surface area contributed by atoms with E-state index >= 15 is 0 Å². The van der Waals surface area contributed by atoms with E-state index in [-0.39, 0.29) is 18.0 Å². The molecule has 6 heteroatoms. The number of aryl methyl sites for hydroxylation is 3. The molecule has 2 heterocycles. The van der Waals surface area contributed by atoms with E-state index < -0.39 is 0 Å². The zero-order chi connectivity index (χ0) is 26.4. The van der Waals surface area contributed by atoms with E-state index in [4.69, 9.17) is 0 Å². The predicted molar refractivity (Wildman–Crippen MR) is 154 cm³/mol. The summed E-state index contributed by atoms with van der Waals surface area (Å²) < 4.78 is 2.08. The molecule has 6 rings (SSSR count). The molecule has 39 heavy (non-hydrogen) atoms. The summed E-state index contributed by atoms with van der Waals surface area (Å²) in [7, 11) is 0. The van der Waals surface area contributed by atoms with Crippen LogP contribution in [-0.4, -0.2) is 57.5 Å². The highest BCUT2D eigenvalue weighted by atomic mass is 16.2. The molecule has 1 aliphatic carbocycles. The summed E-state index contributed by atoms with van der Waals surface area (Å²) in [4.78, 5) is 22.8. The van der Waals surface area contributed by atoms with Crippen LogP contribution >= 0.6 is 0 Å². The average Bonchev–Trinajstić information content (AvgIpc) is 3.45. The average molecular weight is 520 g/mol. The van der Waals surface area contributed by atoms with E-state index in [1.165, 1.54) is 22.3 Å². The van der Waals surface area contributed by atoms with Crippen molar-refractivity contribution in [2.45, 2.75) is 44.4 Å². The monoisotopic (exact) mass is 519 g/mol. The lowest BCUT2D eigenvalue weighted by Crippen LogP contribution is -2.58. The molecule has 6 nitrogen and oxygen atoms in total. The number of amides is 1. The summed E-state index contributed by atoms with van der Waals surface area (Å²) in [5, 5.41) is 3.57. The molecular formula is C33H37N5O. The fourth-order valence-corrected chi connectivity index (χ4v) is 6.21. The van der Waals surface area contributed by atoms with E-state index in [2.05, 4.69) is 80.4 Å². The van der Waals surface area contributed by atoms with Gasteiger partial charge in [0.1, 0.15) is 0 Å². The van der Waals surface area contributed by atoms with Gasteiger partial charge in [0, 0.05) is 51.7 Å². The van der Waals surface area contributed by atoms with Crippen LogP contribution in [0.1, 0.15) is 40.3 Å². The first-order valence-electron chi connectivity index (χ1n) is 14.2. The second-order valence-corrected chi connectivity index (χ2v) is 10.7. The third kappa shape index (κ3) is 5.82. The quantitative estimate of drug-likeness (QED) is 0.373. The zero-order valence-electron chi connectivity index (χ0n) is 22.5. The molecular weight excluding hydrogens is 482 g/mol. The van der Waals surface area contributed by atoms with Crippen molar-refractivity contribution >= 4 is 5.91 Å². The van der Waals surface area contributed by atoms with Gasteiger partial charge < -0.3 is 14.8 Å². The van der Waals surface area contributed by atoms with Crippen molar-refractivity contribution in [2.24, 2.45) is 0 Å². The fourth-order valence-electron chi connectivity index (χ4n) is 6.21. The summed E-state index contributed by atoms with van der Waals surface area (Å²) >= 11 is 0. The van der Waals surface area contributed by atoms with Crippen LogP contribution < -0.4 is 5.32 Å². The minimum absolute atomic E-state index is 0.168. The molecule has 1 N–H and O–H groups in total. The lowest BCUT2D eigenvalue weighted by atomic mass is 9.92. The minimum Gasteiger partial charge on any atom is -0.337 e. The Bertz CT molecular complexity index is 1320. The van der Waals surface area contributed by atoms with Crippen LogP contribution in [0.25, 0.3) is 0 Å². The molecule has 0 bridgehead atoms. The van der Waals surface area contributed by atoms with Crippen molar-refractivity contribution in [1.82, 2.24) is 24.7 Å². The first kappa shape index (κ1) is 25.5. The molecule has 1 fully saturated rings. The lowest BCUT2D eigenvalue weighted by molar-refractivity contribution is -0.135. The van der Waals surface area contributed by atoms with E-state index in [0.29, 0.717) is 19.6 Å². The summed E-state index contributed by atoms with van der Waals surface area (Å²) in [5.74, 6) is 0.185. The second kappa shape index (κ2) is 12.0. The number of hydrogen-bond acceptors (Lipinski definition) is 4. The molecule has 4 aromatic rings. The molecule has 1 saturated heterocycles. The maximum Gasteiger partial charge on any atom is 0.241 e. The number of nitrogens with zero attached hydrogens (tertiary/aromatic N) is 4. The van der Waals surface area contributed by atoms with Crippen molar-refractivity contribution in [3.05, 3.63) is 125 Å². The summed E-state index contributed by atoms with van der Waals surface area (Å²) in [6.07, 6.45) is 8.62. The number of nitrogens with one attached hydrogen (secondary N) is 1. The fraction of sp³-hybridized carbons (Fsp3) is 0.333. The van der Waals surface area contributed by atoms with Crippen molar-refractivity contribution in [3.8, 4) is 0 Å². The molecule has 1 aliphatic heterocycles. The van der Waals surface area contributed by atoms with E-state index in [1.54, 1.807) is 6.20 Å². The van der Waals surface area contributed by atoms with Crippen molar-refractivity contribution in [1.29, 1.82) is 0 Å². The number of carbonyl (C=O) groups excluding carboxylic acids is 1. The standard InChI is InChI=1S/C33H37N5O/c39-33(38(23-26-9-2-1-3-10-26)20-8-19-36-21-17-34-25-36)31-24-37(22-18-35-31)32-29-13-6-4-11-27(29)15-16-28-12-5-7-14-30(28)32/h1-7,9-14,17,21,25,31-32,35H,8,15-16,18-20,22-24H2/t31-/m1/s1. The molecule has 0 saturated carbocycles. The number of imidazole rings is 1. The number of fused-ring (bicyclic) bond motifs is 2. The van der Waals surface area contributed by atoms with Gasteiger partial charge in [-0.2, -0.15) is 0 Å². The largest absolute Gasteiger partial charge is 0.337 e.